The predicted molar refractivity (Wildman–Crippen MR) is 77.3 cm³/mol. The monoisotopic (exact) mass is 297 g/mol. The highest BCUT2D eigenvalue weighted by atomic mass is 32.1. The van der Waals surface area contributed by atoms with Gasteiger partial charge in [0.15, 0.2) is 5.13 Å². The number of carbonyl (C=O) groups excluding carboxylic acids is 1. The van der Waals surface area contributed by atoms with E-state index in [1.807, 2.05) is 0 Å². The highest BCUT2D eigenvalue weighted by Crippen LogP contribution is 2.29. The summed E-state index contributed by atoms with van der Waals surface area (Å²) in [6.07, 6.45) is 4.27. The largest absolute Gasteiger partial charge is 0.480 e. The van der Waals surface area contributed by atoms with E-state index in [1.54, 1.807) is 0 Å². The van der Waals surface area contributed by atoms with Gasteiger partial charge in [-0.2, -0.15) is 0 Å². The van der Waals surface area contributed by atoms with Crippen molar-refractivity contribution in [2.75, 3.05) is 12.4 Å². The molecule has 0 saturated carbocycles. The van der Waals surface area contributed by atoms with E-state index in [2.05, 4.69) is 10.3 Å². The molecule has 1 aromatic rings. The number of hydrogen-bond donors (Lipinski definition) is 2. The molecule has 20 heavy (non-hydrogen) atoms. The SMILES string of the molecule is CN(C(=O)Nc1nc2c(s1)CCCC2)C(C)(C)C(=O)O. The highest BCUT2D eigenvalue weighted by molar-refractivity contribution is 7.15. The Bertz CT molecular complexity index is 515. The summed E-state index contributed by atoms with van der Waals surface area (Å²) < 4.78 is 0. The van der Waals surface area contributed by atoms with Gasteiger partial charge in [-0.1, -0.05) is 0 Å². The molecule has 7 heteroatoms. The van der Waals surface area contributed by atoms with E-state index >= 15 is 0 Å². The first kappa shape index (κ1) is 14.8. The molecular formula is C13H19N3O3S. The maximum atomic E-state index is 12.1. The Morgan fingerprint density at radius 1 is 1.35 bits per heavy atom. The second-order valence-electron chi connectivity index (χ2n) is 5.45. The number of aromatic nitrogens is 1. The number of carbonyl (C=O) groups is 2. The third kappa shape index (κ3) is 2.77. The number of amides is 2. The summed E-state index contributed by atoms with van der Waals surface area (Å²) in [4.78, 5) is 30.1. The number of hydrogen-bond acceptors (Lipinski definition) is 4. The molecule has 2 N–H and O–H groups in total. The van der Waals surface area contributed by atoms with Crippen molar-refractivity contribution < 1.29 is 14.7 Å². The standard InChI is InChI=1S/C13H19N3O3S/c1-13(2,10(17)18)16(3)12(19)15-11-14-8-6-4-5-7-9(8)20-11/h4-7H2,1-3H3,(H,17,18)(H,14,15,19). The van der Waals surface area contributed by atoms with Crippen molar-refractivity contribution in [1.29, 1.82) is 0 Å². The number of aliphatic carboxylic acids is 1. The quantitative estimate of drug-likeness (QED) is 0.897. The van der Waals surface area contributed by atoms with Crippen LogP contribution in [0, 0.1) is 0 Å². The smallest absolute Gasteiger partial charge is 0.329 e. The number of carboxylic acids is 1. The predicted octanol–water partition coefficient (Wildman–Crippen LogP) is 2.35. The van der Waals surface area contributed by atoms with E-state index in [0.29, 0.717) is 5.13 Å². The zero-order valence-electron chi connectivity index (χ0n) is 11.9. The number of nitrogens with one attached hydrogen (secondary N) is 1. The zero-order chi connectivity index (χ0) is 14.9. The number of carboxylic acid groups (broad SMARTS) is 1. The molecule has 0 aliphatic heterocycles. The molecule has 1 aromatic heterocycles. The van der Waals surface area contributed by atoms with Crippen LogP contribution in [0.1, 0.15) is 37.3 Å². The van der Waals surface area contributed by atoms with Crippen LogP contribution in [-0.4, -0.2) is 39.6 Å². The van der Waals surface area contributed by atoms with Crippen LogP contribution >= 0.6 is 11.3 Å². The summed E-state index contributed by atoms with van der Waals surface area (Å²) in [5.41, 5.74) is -0.197. The van der Waals surface area contributed by atoms with Crippen LogP contribution in [0.5, 0.6) is 0 Å². The van der Waals surface area contributed by atoms with Gasteiger partial charge in [0.05, 0.1) is 5.69 Å². The summed E-state index contributed by atoms with van der Waals surface area (Å²) >= 11 is 1.48. The van der Waals surface area contributed by atoms with Crippen LogP contribution in [0.15, 0.2) is 0 Å². The Kier molecular flexibility index (Phi) is 3.99. The molecule has 0 fully saturated rings. The minimum atomic E-state index is -1.26. The van der Waals surface area contributed by atoms with E-state index in [4.69, 9.17) is 5.11 Å². The van der Waals surface area contributed by atoms with E-state index < -0.39 is 17.5 Å². The molecule has 110 valence electrons. The Labute approximate surface area is 121 Å². The molecule has 6 nitrogen and oxygen atoms in total. The van der Waals surface area contributed by atoms with E-state index in [-0.39, 0.29) is 0 Å². The summed E-state index contributed by atoms with van der Waals surface area (Å²) in [6, 6.07) is -0.455. The summed E-state index contributed by atoms with van der Waals surface area (Å²) in [7, 11) is 1.47. The van der Waals surface area contributed by atoms with E-state index in [9.17, 15) is 9.59 Å². The fourth-order valence-corrected chi connectivity index (χ4v) is 3.02. The summed E-state index contributed by atoms with van der Waals surface area (Å²) in [6.45, 7) is 2.98. The summed E-state index contributed by atoms with van der Waals surface area (Å²) in [5, 5.41) is 12.4. The second kappa shape index (κ2) is 5.40. The van der Waals surface area contributed by atoms with Crippen molar-refractivity contribution in [2.45, 2.75) is 45.1 Å². The number of fused-ring (bicyclic) bond motifs is 1. The number of likely N-dealkylation sites (N-methyl/N-ethyl adjacent to an activating group) is 1. The first-order valence-corrected chi connectivity index (χ1v) is 7.41. The fourth-order valence-electron chi connectivity index (χ4n) is 1.98. The fraction of sp³-hybridized carbons (Fsp3) is 0.615. The minimum Gasteiger partial charge on any atom is -0.480 e. The van der Waals surface area contributed by atoms with Gasteiger partial charge in [0.1, 0.15) is 5.54 Å². The van der Waals surface area contributed by atoms with Gasteiger partial charge in [0.25, 0.3) is 0 Å². The number of urea groups is 1. The van der Waals surface area contributed by atoms with Crippen molar-refractivity contribution in [3.8, 4) is 0 Å². The topological polar surface area (TPSA) is 82.5 Å². The number of aryl methyl sites for hydroxylation is 2. The number of anilines is 1. The van der Waals surface area contributed by atoms with Crippen molar-refractivity contribution in [1.82, 2.24) is 9.88 Å². The Morgan fingerprint density at radius 2 is 2.00 bits per heavy atom. The lowest BCUT2D eigenvalue weighted by atomic mass is 10.0. The van der Waals surface area contributed by atoms with Crippen molar-refractivity contribution in [3.05, 3.63) is 10.6 Å². The molecule has 0 unspecified atom stereocenters. The molecule has 0 aromatic carbocycles. The second-order valence-corrected chi connectivity index (χ2v) is 6.53. The van der Waals surface area contributed by atoms with Crippen LogP contribution < -0.4 is 5.32 Å². The molecule has 0 spiro atoms. The Hall–Kier alpha value is -1.63. The lowest BCUT2D eigenvalue weighted by Gasteiger charge is -2.31. The van der Waals surface area contributed by atoms with Crippen molar-refractivity contribution in [2.24, 2.45) is 0 Å². The van der Waals surface area contributed by atoms with Gasteiger partial charge >= 0.3 is 12.0 Å². The van der Waals surface area contributed by atoms with Crippen LogP contribution in [0.25, 0.3) is 0 Å². The van der Waals surface area contributed by atoms with Crippen molar-refractivity contribution in [3.63, 3.8) is 0 Å². The third-order valence-electron chi connectivity index (χ3n) is 3.73. The van der Waals surface area contributed by atoms with Gasteiger partial charge in [-0.3, -0.25) is 5.32 Å². The average molecular weight is 297 g/mol. The van der Waals surface area contributed by atoms with Crippen LogP contribution in [0.4, 0.5) is 9.93 Å². The molecule has 0 atom stereocenters. The zero-order valence-corrected chi connectivity index (χ0v) is 12.7. The molecule has 2 rings (SSSR count). The van der Waals surface area contributed by atoms with Crippen LogP contribution in [0.3, 0.4) is 0 Å². The van der Waals surface area contributed by atoms with Crippen LogP contribution in [-0.2, 0) is 17.6 Å². The molecule has 2 amide bonds. The van der Waals surface area contributed by atoms with Crippen LogP contribution in [0.2, 0.25) is 0 Å². The average Bonchev–Trinajstić information content (AvgIpc) is 2.79. The van der Waals surface area contributed by atoms with Gasteiger partial charge in [-0.25, -0.2) is 14.6 Å². The normalized spacial score (nSPS) is 14.6. The number of rotatable bonds is 3. The van der Waals surface area contributed by atoms with Gasteiger partial charge in [0.2, 0.25) is 0 Å². The van der Waals surface area contributed by atoms with Gasteiger partial charge in [-0.15, -0.1) is 11.3 Å². The maximum Gasteiger partial charge on any atom is 0.329 e. The highest BCUT2D eigenvalue weighted by Gasteiger charge is 2.35. The molecule has 1 heterocycles. The molecule has 1 aliphatic rings. The van der Waals surface area contributed by atoms with Crippen molar-refractivity contribution >= 4 is 28.5 Å². The first-order chi connectivity index (χ1) is 9.32. The van der Waals surface area contributed by atoms with Gasteiger partial charge in [-0.05, 0) is 39.5 Å². The molecule has 0 bridgehead atoms. The van der Waals surface area contributed by atoms with E-state index in [0.717, 1.165) is 31.4 Å². The lowest BCUT2D eigenvalue weighted by molar-refractivity contribution is -0.146. The number of nitrogens with zero attached hydrogens (tertiary/aromatic N) is 2. The first-order valence-electron chi connectivity index (χ1n) is 6.59. The maximum absolute atomic E-state index is 12.1. The van der Waals surface area contributed by atoms with Gasteiger partial charge in [0, 0.05) is 11.9 Å². The Balaban J connectivity index is 2.08. The molecular weight excluding hydrogens is 278 g/mol. The third-order valence-corrected chi connectivity index (χ3v) is 4.80. The molecule has 1 aliphatic carbocycles. The Morgan fingerprint density at radius 3 is 2.60 bits per heavy atom. The minimum absolute atomic E-state index is 0.455. The van der Waals surface area contributed by atoms with E-state index in [1.165, 1.54) is 42.0 Å². The summed E-state index contributed by atoms with van der Waals surface area (Å²) in [5.74, 6) is -1.05. The van der Waals surface area contributed by atoms with Gasteiger partial charge < -0.3 is 10.0 Å². The lowest BCUT2D eigenvalue weighted by Crippen LogP contribution is -2.52. The number of thiazole rings is 1. The molecule has 0 radical (unpaired) electrons. The molecule has 0 saturated heterocycles.